The van der Waals surface area contributed by atoms with Crippen LogP contribution < -0.4 is 4.74 Å². The molecule has 3 rings (SSSR count). The van der Waals surface area contributed by atoms with Gasteiger partial charge in [-0.3, -0.25) is 0 Å². The number of aliphatic hydroxyl groups excluding tert-OH is 2. The number of ether oxygens (including phenoxy) is 5. The Bertz CT molecular complexity index is 557. The number of hydrogen-bond donors (Lipinski definition) is 2. The third-order valence-electron chi connectivity index (χ3n) is 4.15. The van der Waals surface area contributed by atoms with Crippen LogP contribution in [0.25, 0.3) is 6.08 Å². The van der Waals surface area contributed by atoms with E-state index in [-0.39, 0.29) is 6.61 Å². The van der Waals surface area contributed by atoms with Crippen molar-refractivity contribution in [1.29, 1.82) is 0 Å². The molecular formula is C17H22O7. The Morgan fingerprint density at radius 3 is 2.50 bits per heavy atom. The van der Waals surface area contributed by atoms with E-state index in [0.29, 0.717) is 0 Å². The van der Waals surface area contributed by atoms with Gasteiger partial charge in [0.15, 0.2) is 12.6 Å². The summed E-state index contributed by atoms with van der Waals surface area (Å²) in [6.45, 7) is 0.242. The zero-order valence-corrected chi connectivity index (χ0v) is 13.6. The second-order valence-corrected chi connectivity index (χ2v) is 5.69. The smallest absolute Gasteiger partial charge is 0.186 e. The second kappa shape index (κ2) is 7.60. The molecule has 2 saturated heterocycles. The molecule has 0 radical (unpaired) electrons. The molecule has 2 fully saturated rings. The highest BCUT2D eigenvalue weighted by atomic mass is 16.7. The molecule has 2 aliphatic heterocycles. The lowest BCUT2D eigenvalue weighted by Gasteiger charge is -2.45. The molecule has 2 aliphatic rings. The Kier molecular flexibility index (Phi) is 5.50. The van der Waals surface area contributed by atoms with Crippen LogP contribution in [0.2, 0.25) is 0 Å². The average molecular weight is 338 g/mol. The molecule has 0 saturated carbocycles. The van der Waals surface area contributed by atoms with E-state index in [1.807, 2.05) is 30.3 Å². The Morgan fingerprint density at radius 2 is 1.83 bits per heavy atom. The standard InChI is InChI=1S/C17H22O7/c1-20-11-6-3-10(4-7-11)5-8-13-22-9-12-16(24-13)14(18)15(19)17(21-2)23-12/h3-8,12-19H,9H2,1-2H3/t12-,13?,14-,15-,16-,17?/m1/s1. The van der Waals surface area contributed by atoms with E-state index in [1.54, 1.807) is 13.2 Å². The van der Waals surface area contributed by atoms with Crippen molar-refractivity contribution in [1.82, 2.24) is 0 Å². The van der Waals surface area contributed by atoms with Crippen molar-refractivity contribution in [2.24, 2.45) is 0 Å². The minimum Gasteiger partial charge on any atom is -0.497 e. The summed E-state index contributed by atoms with van der Waals surface area (Å²) in [7, 11) is 3.02. The highest BCUT2D eigenvalue weighted by Crippen LogP contribution is 2.29. The van der Waals surface area contributed by atoms with Crippen molar-refractivity contribution in [2.75, 3.05) is 20.8 Å². The maximum absolute atomic E-state index is 10.2. The Labute approximate surface area is 140 Å². The van der Waals surface area contributed by atoms with Crippen LogP contribution in [0.4, 0.5) is 0 Å². The van der Waals surface area contributed by atoms with Crippen molar-refractivity contribution in [3.8, 4) is 5.75 Å². The minimum absolute atomic E-state index is 0.242. The summed E-state index contributed by atoms with van der Waals surface area (Å²) in [5.74, 6) is 0.782. The normalized spacial score (nSPS) is 36.5. The number of hydrogen-bond acceptors (Lipinski definition) is 7. The predicted molar refractivity (Wildman–Crippen MR) is 84.3 cm³/mol. The van der Waals surface area contributed by atoms with Crippen LogP contribution in [0.3, 0.4) is 0 Å². The van der Waals surface area contributed by atoms with Gasteiger partial charge in [-0.2, -0.15) is 0 Å². The molecule has 0 bridgehead atoms. The van der Waals surface area contributed by atoms with E-state index in [1.165, 1.54) is 7.11 Å². The van der Waals surface area contributed by atoms with Gasteiger partial charge in [0.25, 0.3) is 0 Å². The molecule has 2 unspecified atom stereocenters. The van der Waals surface area contributed by atoms with E-state index in [9.17, 15) is 10.2 Å². The van der Waals surface area contributed by atoms with Gasteiger partial charge in [-0.05, 0) is 23.8 Å². The molecule has 24 heavy (non-hydrogen) atoms. The molecule has 0 aliphatic carbocycles. The van der Waals surface area contributed by atoms with Crippen molar-refractivity contribution in [2.45, 2.75) is 37.0 Å². The number of methoxy groups -OCH3 is 2. The fraction of sp³-hybridized carbons (Fsp3) is 0.529. The van der Waals surface area contributed by atoms with Crippen LogP contribution in [0, 0.1) is 0 Å². The predicted octanol–water partition coefficient (Wildman–Crippen LogP) is 0.543. The number of benzene rings is 1. The first kappa shape index (κ1) is 17.3. The molecule has 132 valence electrons. The molecule has 0 spiro atoms. The number of aliphatic hydroxyl groups is 2. The molecule has 6 atom stereocenters. The fourth-order valence-electron chi connectivity index (χ4n) is 2.79. The first-order chi connectivity index (χ1) is 11.6. The van der Waals surface area contributed by atoms with E-state index in [2.05, 4.69) is 0 Å². The summed E-state index contributed by atoms with van der Waals surface area (Å²) in [4.78, 5) is 0. The summed E-state index contributed by atoms with van der Waals surface area (Å²) in [5.41, 5.74) is 0.963. The van der Waals surface area contributed by atoms with Crippen LogP contribution in [-0.2, 0) is 18.9 Å². The largest absolute Gasteiger partial charge is 0.497 e. The van der Waals surface area contributed by atoms with E-state index < -0.39 is 37.0 Å². The lowest BCUT2D eigenvalue weighted by atomic mass is 9.98. The third-order valence-corrected chi connectivity index (χ3v) is 4.15. The van der Waals surface area contributed by atoms with Crippen molar-refractivity contribution in [3.05, 3.63) is 35.9 Å². The Morgan fingerprint density at radius 1 is 1.08 bits per heavy atom. The van der Waals surface area contributed by atoms with E-state index in [4.69, 9.17) is 23.7 Å². The van der Waals surface area contributed by atoms with Gasteiger partial charge in [-0.1, -0.05) is 18.2 Å². The van der Waals surface area contributed by atoms with E-state index >= 15 is 0 Å². The quantitative estimate of drug-likeness (QED) is 0.829. The molecular weight excluding hydrogens is 316 g/mol. The lowest BCUT2D eigenvalue weighted by molar-refractivity contribution is -0.347. The van der Waals surface area contributed by atoms with Crippen LogP contribution in [0.15, 0.2) is 30.3 Å². The van der Waals surface area contributed by atoms with Crippen LogP contribution in [-0.4, -0.2) is 68.0 Å². The van der Waals surface area contributed by atoms with Crippen molar-refractivity contribution in [3.63, 3.8) is 0 Å². The summed E-state index contributed by atoms with van der Waals surface area (Å²) >= 11 is 0. The highest BCUT2D eigenvalue weighted by molar-refractivity contribution is 5.50. The summed E-state index contributed by atoms with van der Waals surface area (Å²) in [6, 6.07) is 7.54. The average Bonchev–Trinajstić information content (AvgIpc) is 2.63. The van der Waals surface area contributed by atoms with Gasteiger partial charge < -0.3 is 33.9 Å². The SMILES string of the molecule is COc1ccc(C=CC2OC[C@H]3OC(OC)[C@H](O)[C@@H](O)[C@@H]3O2)cc1. The van der Waals surface area contributed by atoms with Gasteiger partial charge in [-0.25, -0.2) is 0 Å². The summed E-state index contributed by atoms with van der Waals surface area (Å²) in [5, 5.41) is 20.2. The van der Waals surface area contributed by atoms with Crippen molar-refractivity contribution >= 4 is 6.08 Å². The zero-order chi connectivity index (χ0) is 17.1. The molecule has 7 heteroatoms. The molecule has 1 aromatic rings. The molecule has 2 heterocycles. The molecule has 2 N–H and O–H groups in total. The van der Waals surface area contributed by atoms with Crippen LogP contribution in [0.1, 0.15) is 5.56 Å². The van der Waals surface area contributed by atoms with Gasteiger partial charge in [0.05, 0.1) is 13.7 Å². The molecule has 7 nitrogen and oxygen atoms in total. The first-order valence-electron chi connectivity index (χ1n) is 7.76. The van der Waals surface area contributed by atoms with Crippen LogP contribution in [0.5, 0.6) is 5.75 Å². The maximum Gasteiger partial charge on any atom is 0.186 e. The topological polar surface area (TPSA) is 86.6 Å². The van der Waals surface area contributed by atoms with Crippen molar-refractivity contribution < 1.29 is 33.9 Å². The Balaban J connectivity index is 1.62. The maximum atomic E-state index is 10.2. The number of rotatable bonds is 4. The first-order valence-corrected chi connectivity index (χ1v) is 7.76. The second-order valence-electron chi connectivity index (χ2n) is 5.69. The summed E-state index contributed by atoms with van der Waals surface area (Å²) < 4.78 is 27.0. The molecule has 1 aromatic carbocycles. The number of fused-ring (bicyclic) bond motifs is 1. The fourth-order valence-corrected chi connectivity index (χ4v) is 2.79. The Hall–Kier alpha value is -1.48. The van der Waals surface area contributed by atoms with Gasteiger partial charge >= 0.3 is 0 Å². The van der Waals surface area contributed by atoms with Crippen LogP contribution >= 0.6 is 0 Å². The monoisotopic (exact) mass is 338 g/mol. The zero-order valence-electron chi connectivity index (χ0n) is 13.6. The highest BCUT2D eigenvalue weighted by Gasteiger charge is 2.48. The van der Waals surface area contributed by atoms with Gasteiger partial charge in [0, 0.05) is 7.11 Å². The summed E-state index contributed by atoms with van der Waals surface area (Å²) in [6.07, 6.45) is -1.34. The third kappa shape index (κ3) is 3.61. The van der Waals surface area contributed by atoms with Gasteiger partial charge in [0.2, 0.25) is 0 Å². The lowest BCUT2D eigenvalue weighted by Crippen LogP contribution is -2.62. The minimum atomic E-state index is -1.17. The molecule has 0 amide bonds. The molecule has 0 aromatic heterocycles. The van der Waals surface area contributed by atoms with Gasteiger partial charge in [0.1, 0.15) is 30.2 Å². The van der Waals surface area contributed by atoms with E-state index in [0.717, 1.165) is 11.3 Å². The van der Waals surface area contributed by atoms with Gasteiger partial charge in [-0.15, -0.1) is 0 Å².